The predicted octanol–water partition coefficient (Wildman–Crippen LogP) is 4.50. The summed E-state index contributed by atoms with van der Waals surface area (Å²) in [6.07, 6.45) is 1.52. The van der Waals surface area contributed by atoms with Crippen molar-refractivity contribution in [3.63, 3.8) is 0 Å². The lowest BCUT2D eigenvalue weighted by atomic mass is 10.2. The van der Waals surface area contributed by atoms with Crippen LogP contribution in [-0.2, 0) is 11.3 Å². The van der Waals surface area contributed by atoms with Crippen LogP contribution in [0.25, 0.3) is 6.08 Å². The molecule has 1 aliphatic heterocycles. The van der Waals surface area contributed by atoms with E-state index in [-0.39, 0.29) is 27.6 Å². The zero-order valence-corrected chi connectivity index (χ0v) is 15.8. The van der Waals surface area contributed by atoms with Crippen LogP contribution in [0.5, 0.6) is 0 Å². The number of halogens is 1. The first kappa shape index (κ1) is 17.1. The van der Waals surface area contributed by atoms with E-state index in [9.17, 15) is 19.7 Å². The van der Waals surface area contributed by atoms with Crippen LogP contribution in [0, 0.1) is 13.7 Å². The zero-order chi connectivity index (χ0) is 17.3. The summed E-state index contributed by atoms with van der Waals surface area (Å²) in [5.74, 6) is -0.375. The molecular formula is C15H9IN2O4S2. The number of benzene rings is 1. The largest absolute Gasteiger partial charge is 0.324 e. The van der Waals surface area contributed by atoms with Gasteiger partial charge in [0.25, 0.3) is 11.1 Å². The summed E-state index contributed by atoms with van der Waals surface area (Å²) in [6, 6.07) is 10.5. The Kier molecular flexibility index (Phi) is 5.01. The van der Waals surface area contributed by atoms with Gasteiger partial charge in [0.15, 0.2) is 0 Å². The number of hydrogen-bond donors (Lipinski definition) is 0. The second kappa shape index (κ2) is 7.03. The molecule has 0 atom stereocenters. The molecule has 122 valence electrons. The van der Waals surface area contributed by atoms with Crippen LogP contribution in [0.15, 0.2) is 41.3 Å². The van der Waals surface area contributed by atoms with E-state index in [0.29, 0.717) is 4.88 Å². The average Bonchev–Trinajstić information content (AvgIpc) is 3.10. The fraction of sp³-hybridized carbons (Fsp3) is 0.0667. The maximum atomic E-state index is 12.4. The van der Waals surface area contributed by atoms with Crippen LogP contribution in [0.1, 0.15) is 10.4 Å². The topological polar surface area (TPSA) is 80.5 Å². The van der Waals surface area contributed by atoms with Crippen LogP contribution in [0.3, 0.4) is 0 Å². The molecule has 1 aromatic heterocycles. The Morgan fingerprint density at radius 2 is 1.88 bits per heavy atom. The molecule has 2 amide bonds. The molecule has 0 saturated carbocycles. The Balaban J connectivity index is 1.79. The fourth-order valence-corrected chi connectivity index (χ4v) is 4.08. The highest BCUT2D eigenvalue weighted by Crippen LogP contribution is 2.35. The molecule has 0 N–H and O–H groups in total. The summed E-state index contributed by atoms with van der Waals surface area (Å²) in [5.41, 5.74) is 0.866. The Bertz CT molecular complexity index is 861. The van der Waals surface area contributed by atoms with E-state index in [4.69, 9.17) is 0 Å². The first-order valence-corrected chi connectivity index (χ1v) is 9.39. The number of amides is 2. The first-order chi connectivity index (χ1) is 11.4. The van der Waals surface area contributed by atoms with Crippen LogP contribution in [0.2, 0.25) is 0 Å². The highest BCUT2D eigenvalue weighted by molar-refractivity contribution is 14.1. The van der Waals surface area contributed by atoms with Gasteiger partial charge in [-0.2, -0.15) is 0 Å². The maximum Gasteiger partial charge on any atom is 0.324 e. The van der Waals surface area contributed by atoms with Crippen molar-refractivity contribution in [2.45, 2.75) is 6.54 Å². The van der Waals surface area contributed by atoms with Crippen molar-refractivity contribution in [2.75, 3.05) is 0 Å². The van der Waals surface area contributed by atoms with Gasteiger partial charge in [0.2, 0.25) is 0 Å². The number of nitro groups is 1. The quantitative estimate of drug-likeness (QED) is 0.284. The van der Waals surface area contributed by atoms with Crippen LogP contribution in [0.4, 0.5) is 9.80 Å². The van der Waals surface area contributed by atoms with E-state index in [0.717, 1.165) is 32.2 Å². The minimum Gasteiger partial charge on any atom is -0.268 e. The van der Waals surface area contributed by atoms with Gasteiger partial charge in [0.1, 0.15) is 0 Å². The standard InChI is InChI=1S/C15H9IN2O4S2/c16-10-3-1-9(2-4-10)8-17-14(19)12(24-15(17)20)7-11-5-6-13(23-11)18(21)22/h1-7H,8H2/b12-7-. The number of thiophene rings is 1. The third-order valence-corrected chi connectivity index (χ3v) is 5.80. The minimum absolute atomic E-state index is 0.000586. The van der Waals surface area contributed by atoms with Gasteiger partial charge >= 0.3 is 5.00 Å². The summed E-state index contributed by atoms with van der Waals surface area (Å²) >= 11 is 4.00. The fourth-order valence-electron chi connectivity index (χ4n) is 2.06. The Labute approximate surface area is 158 Å². The predicted molar refractivity (Wildman–Crippen MR) is 102 cm³/mol. The molecule has 2 heterocycles. The maximum absolute atomic E-state index is 12.4. The Morgan fingerprint density at radius 1 is 1.17 bits per heavy atom. The van der Waals surface area contributed by atoms with E-state index in [1.807, 2.05) is 24.3 Å². The molecule has 2 aromatic rings. The number of nitrogens with zero attached hydrogens (tertiary/aromatic N) is 2. The van der Waals surface area contributed by atoms with Crippen molar-refractivity contribution >= 4 is 67.9 Å². The smallest absolute Gasteiger partial charge is 0.268 e. The highest BCUT2D eigenvalue weighted by atomic mass is 127. The molecule has 24 heavy (non-hydrogen) atoms. The molecule has 9 heteroatoms. The van der Waals surface area contributed by atoms with Gasteiger partial charge in [-0.15, -0.1) is 0 Å². The van der Waals surface area contributed by atoms with E-state index in [1.165, 1.54) is 17.0 Å². The molecule has 0 radical (unpaired) electrons. The monoisotopic (exact) mass is 472 g/mol. The highest BCUT2D eigenvalue weighted by Gasteiger charge is 2.35. The molecule has 0 aliphatic carbocycles. The van der Waals surface area contributed by atoms with Crippen molar-refractivity contribution in [3.05, 3.63) is 65.4 Å². The van der Waals surface area contributed by atoms with Gasteiger partial charge < -0.3 is 0 Å². The van der Waals surface area contributed by atoms with Crippen molar-refractivity contribution < 1.29 is 14.5 Å². The summed E-state index contributed by atoms with van der Waals surface area (Å²) in [6.45, 7) is 0.212. The molecule has 0 bridgehead atoms. The van der Waals surface area contributed by atoms with E-state index in [1.54, 1.807) is 6.07 Å². The van der Waals surface area contributed by atoms with E-state index < -0.39 is 4.92 Å². The van der Waals surface area contributed by atoms with Crippen molar-refractivity contribution in [1.29, 1.82) is 0 Å². The second-order valence-corrected chi connectivity index (χ2v) is 8.16. The SMILES string of the molecule is O=C1S/C(=C\c2ccc([N+](=O)[O-])s2)C(=O)N1Cc1ccc(I)cc1. The first-order valence-electron chi connectivity index (χ1n) is 6.68. The minimum atomic E-state index is -0.482. The van der Waals surface area contributed by atoms with Crippen LogP contribution < -0.4 is 0 Å². The Hall–Kier alpha value is -1.72. The van der Waals surface area contributed by atoms with E-state index in [2.05, 4.69) is 22.6 Å². The second-order valence-electron chi connectivity index (χ2n) is 4.83. The van der Waals surface area contributed by atoms with Crippen molar-refractivity contribution in [1.82, 2.24) is 4.90 Å². The third kappa shape index (κ3) is 3.68. The van der Waals surface area contributed by atoms with Gasteiger partial charge in [0.05, 0.1) is 16.4 Å². The molecule has 1 aromatic carbocycles. The molecule has 0 unspecified atom stereocenters. The number of thioether (sulfide) groups is 1. The van der Waals surface area contributed by atoms with Crippen LogP contribution in [-0.4, -0.2) is 21.0 Å². The molecular weight excluding hydrogens is 463 g/mol. The molecule has 1 saturated heterocycles. The van der Waals surface area contributed by atoms with Gasteiger partial charge in [-0.3, -0.25) is 24.6 Å². The Morgan fingerprint density at radius 3 is 2.50 bits per heavy atom. The van der Waals surface area contributed by atoms with Gasteiger partial charge in [-0.05, 0) is 64.2 Å². The molecule has 1 fully saturated rings. The number of carbonyl (C=O) groups excluding carboxylic acids is 2. The number of rotatable bonds is 4. The number of hydrogen-bond acceptors (Lipinski definition) is 6. The van der Waals surface area contributed by atoms with Crippen molar-refractivity contribution in [3.8, 4) is 0 Å². The van der Waals surface area contributed by atoms with Gasteiger partial charge in [0, 0.05) is 14.5 Å². The summed E-state index contributed by atoms with van der Waals surface area (Å²) in [4.78, 5) is 36.8. The molecule has 0 spiro atoms. The normalized spacial score (nSPS) is 16.2. The number of imide groups is 1. The lowest BCUT2D eigenvalue weighted by Gasteiger charge is -2.12. The van der Waals surface area contributed by atoms with Crippen LogP contribution >= 0.6 is 45.7 Å². The zero-order valence-electron chi connectivity index (χ0n) is 12.0. The van der Waals surface area contributed by atoms with Gasteiger partial charge in [-0.1, -0.05) is 23.5 Å². The van der Waals surface area contributed by atoms with Gasteiger partial charge in [-0.25, -0.2) is 0 Å². The summed E-state index contributed by atoms with van der Waals surface area (Å²) in [7, 11) is 0. The lowest BCUT2D eigenvalue weighted by molar-refractivity contribution is -0.380. The third-order valence-electron chi connectivity index (χ3n) is 3.19. The lowest BCUT2D eigenvalue weighted by Crippen LogP contribution is -2.27. The number of carbonyl (C=O) groups is 2. The molecule has 6 nitrogen and oxygen atoms in total. The summed E-state index contributed by atoms with van der Waals surface area (Å²) < 4.78 is 1.07. The van der Waals surface area contributed by atoms with E-state index >= 15 is 0 Å². The average molecular weight is 472 g/mol. The molecule has 1 aliphatic rings. The van der Waals surface area contributed by atoms with Crippen molar-refractivity contribution in [2.24, 2.45) is 0 Å². The summed E-state index contributed by atoms with van der Waals surface area (Å²) in [5, 5.41) is 10.4. The molecule has 3 rings (SSSR count).